The van der Waals surface area contributed by atoms with Gasteiger partial charge >= 0.3 is 5.97 Å². The molecule has 2 amide bonds. The Balaban J connectivity index is 1.81. The molecule has 132 valence electrons. The Morgan fingerprint density at radius 2 is 1.92 bits per heavy atom. The average Bonchev–Trinajstić information content (AvgIpc) is 3.14. The second kappa shape index (κ2) is 8.82. The molecule has 0 saturated heterocycles. The van der Waals surface area contributed by atoms with Crippen LogP contribution in [0.5, 0.6) is 0 Å². The van der Waals surface area contributed by atoms with Crippen molar-refractivity contribution in [1.29, 1.82) is 0 Å². The highest BCUT2D eigenvalue weighted by molar-refractivity contribution is 5.97. The maximum atomic E-state index is 12.1. The minimum atomic E-state index is -0.753. The Morgan fingerprint density at radius 1 is 1.20 bits per heavy atom. The number of amides is 2. The maximum absolute atomic E-state index is 12.1. The molecule has 1 aromatic rings. The molecular weight excluding hydrogens is 320 g/mol. The normalized spacial score (nSPS) is 13.8. The molecule has 0 radical (unpaired) electrons. The molecule has 2 rings (SSSR count). The van der Waals surface area contributed by atoms with Crippen LogP contribution in [0.15, 0.2) is 42.5 Å². The fourth-order valence-electron chi connectivity index (χ4n) is 2.38. The van der Waals surface area contributed by atoms with Crippen molar-refractivity contribution < 1.29 is 19.1 Å². The molecule has 1 aromatic carbocycles. The number of rotatable bonds is 7. The van der Waals surface area contributed by atoms with Crippen LogP contribution in [0.25, 0.3) is 5.57 Å². The molecule has 0 fully saturated rings. The topological polar surface area (TPSA) is 84.5 Å². The van der Waals surface area contributed by atoms with Crippen LogP contribution in [0, 0.1) is 0 Å². The lowest BCUT2D eigenvalue weighted by molar-refractivity contribution is -0.146. The first-order valence-electron chi connectivity index (χ1n) is 8.21. The number of nitrogens with one attached hydrogen (secondary N) is 2. The highest BCUT2D eigenvalue weighted by Gasteiger charge is 2.17. The van der Waals surface area contributed by atoms with Gasteiger partial charge in [-0.15, -0.1) is 0 Å². The Hall–Kier alpha value is -2.89. The lowest BCUT2D eigenvalue weighted by Gasteiger charge is -2.13. The van der Waals surface area contributed by atoms with Crippen LogP contribution in [-0.4, -0.2) is 37.0 Å². The molecule has 6 nitrogen and oxygen atoms in total. The Labute approximate surface area is 146 Å². The molecule has 0 bridgehead atoms. The third-order valence-electron chi connectivity index (χ3n) is 3.72. The van der Waals surface area contributed by atoms with Crippen LogP contribution >= 0.6 is 0 Å². The Kier molecular flexibility index (Phi) is 6.51. The van der Waals surface area contributed by atoms with E-state index in [9.17, 15) is 14.4 Å². The van der Waals surface area contributed by atoms with E-state index in [1.165, 1.54) is 12.5 Å². The number of allylic oxidation sites excluding steroid dienone is 4. The standard InChI is InChI=1S/C19H22N2O4/c1-3-25-19(24)13(2)21-17(22)12-20-18(23)16-10-8-15(9-11-16)14-6-4-5-7-14/h4-6,8-11,13H,3,7,12H2,1-2H3,(H,20,23)(H,21,22)/t13-/m0/s1. The molecule has 2 N–H and O–H groups in total. The minimum Gasteiger partial charge on any atom is -0.464 e. The zero-order chi connectivity index (χ0) is 18.2. The summed E-state index contributed by atoms with van der Waals surface area (Å²) in [5, 5.41) is 5.01. The molecule has 0 aliphatic heterocycles. The zero-order valence-electron chi connectivity index (χ0n) is 14.4. The predicted octanol–water partition coefficient (Wildman–Crippen LogP) is 1.83. The first kappa shape index (κ1) is 18.4. The fourth-order valence-corrected chi connectivity index (χ4v) is 2.38. The summed E-state index contributed by atoms with van der Waals surface area (Å²) >= 11 is 0. The molecule has 0 saturated carbocycles. The van der Waals surface area contributed by atoms with E-state index in [4.69, 9.17) is 4.74 Å². The minimum absolute atomic E-state index is 0.209. The number of hydrogen-bond acceptors (Lipinski definition) is 4. The van der Waals surface area contributed by atoms with Gasteiger partial charge in [0, 0.05) is 5.56 Å². The summed E-state index contributed by atoms with van der Waals surface area (Å²) in [6.45, 7) is 3.26. The van der Waals surface area contributed by atoms with Gasteiger partial charge in [-0.1, -0.05) is 30.4 Å². The molecule has 1 atom stereocenters. The summed E-state index contributed by atoms with van der Waals surface area (Å²) in [6, 6.07) is 6.47. The van der Waals surface area contributed by atoms with Crippen molar-refractivity contribution in [1.82, 2.24) is 10.6 Å². The van der Waals surface area contributed by atoms with Gasteiger partial charge in [0.05, 0.1) is 13.2 Å². The highest BCUT2D eigenvalue weighted by atomic mass is 16.5. The van der Waals surface area contributed by atoms with Gasteiger partial charge in [-0.05, 0) is 43.5 Å². The number of esters is 1. The number of hydrogen-bond donors (Lipinski definition) is 2. The van der Waals surface area contributed by atoms with Crippen molar-refractivity contribution in [3.63, 3.8) is 0 Å². The third kappa shape index (κ3) is 5.31. The van der Waals surface area contributed by atoms with Gasteiger partial charge in [-0.3, -0.25) is 9.59 Å². The van der Waals surface area contributed by atoms with Crippen molar-refractivity contribution in [3.8, 4) is 0 Å². The monoisotopic (exact) mass is 342 g/mol. The first-order valence-corrected chi connectivity index (χ1v) is 8.21. The van der Waals surface area contributed by atoms with E-state index in [1.807, 2.05) is 24.3 Å². The van der Waals surface area contributed by atoms with E-state index in [-0.39, 0.29) is 19.1 Å². The van der Waals surface area contributed by atoms with E-state index in [0.29, 0.717) is 5.56 Å². The number of carbonyl (C=O) groups is 3. The summed E-state index contributed by atoms with van der Waals surface area (Å²) in [4.78, 5) is 35.3. The van der Waals surface area contributed by atoms with Gasteiger partial charge in [0.15, 0.2) is 0 Å². The van der Waals surface area contributed by atoms with Crippen molar-refractivity contribution in [2.45, 2.75) is 26.3 Å². The van der Waals surface area contributed by atoms with Crippen molar-refractivity contribution in [2.24, 2.45) is 0 Å². The van der Waals surface area contributed by atoms with E-state index in [0.717, 1.165) is 12.0 Å². The molecule has 1 aliphatic rings. The van der Waals surface area contributed by atoms with Crippen molar-refractivity contribution >= 4 is 23.4 Å². The molecule has 6 heteroatoms. The highest BCUT2D eigenvalue weighted by Crippen LogP contribution is 2.23. The van der Waals surface area contributed by atoms with Crippen LogP contribution in [-0.2, 0) is 14.3 Å². The van der Waals surface area contributed by atoms with E-state index < -0.39 is 17.9 Å². The van der Waals surface area contributed by atoms with Gasteiger partial charge in [0.1, 0.15) is 6.04 Å². The summed E-state index contributed by atoms with van der Waals surface area (Å²) in [5.41, 5.74) is 2.75. The van der Waals surface area contributed by atoms with E-state index >= 15 is 0 Å². The SMILES string of the molecule is CCOC(=O)[C@H](C)NC(=O)CNC(=O)c1ccc(C2=CC=CC2)cc1. The van der Waals surface area contributed by atoms with Crippen LogP contribution in [0.2, 0.25) is 0 Å². The van der Waals surface area contributed by atoms with E-state index in [1.54, 1.807) is 19.1 Å². The molecule has 0 unspecified atom stereocenters. The third-order valence-corrected chi connectivity index (χ3v) is 3.72. The smallest absolute Gasteiger partial charge is 0.328 e. The molecule has 0 spiro atoms. The van der Waals surface area contributed by atoms with Crippen LogP contribution in [0.1, 0.15) is 36.2 Å². The van der Waals surface area contributed by atoms with E-state index in [2.05, 4.69) is 16.7 Å². The Morgan fingerprint density at radius 3 is 2.52 bits per heavy atom. The van der Waals surface area contributed by atoms with Gasteiger partial charge < -0.3 is 15.4 Å². The first-order chi connectivity index (χ1) is 12.0. The van der Waals surface area contributed by atoms with Gasteiger partial charge in [0.2, 0.25) is 5.91 Å². The number of ether oxygens (including phenoxy) is 1. The van der Waals surface area contributed by atoms with Gasteiger partial charge in [-0.2, -0.15) is 0 Å². The molecule has 25 heavy (non-hydrogen) atoms. The lowest BCUT2D eigenvalue weighted by atomic mass is 10.0. The average molecular weight is 342 g/mol. The summed E-state index contributed by atoms with van der Waals surface area (Å²) in [5.74, 6) is -1.30. The zero-order valence-corrected chi connectivity index (χ0v) is 14.4. The lowest BCUT2D eigenvalue weighted by Crippen LogP contribution is -2.44. The van der Waals surface area contributed by atoms with Crippen LogP contribution < -0.4 is 10.6 Å². The van der Waals surface area contributed by atoms with Crippen LogP contribution in [0.3, 0.4) is 0 Å². The molecule has 1 aliphatic carbocycles. The second-order valence-corrected chi connectivity index (χ2v) is 5.63. The fraction of sp³-hybridized carbons (Fsp3) is 0.316. The molecule has 0 aromatic heterocycles. The quantitative estimate of drug-likeness (QED) is 0.741. The van der Waals surface area contributed by atoms with Gasteiger partial charge in [0.25, 0.3) is 5.91 Å². The maximum Gasteiger partial charge on any atom is 0.328 e. The molecular formula is C19H22N2O4. The second-order valence-electron chi connectivity index (χ2n) is 5.63. The summed E-state index contributed by atoms with van der Waals surface area (Å²) in [7, 11) is 0. The summed E-state index contributed by atoms with van der Waals surface area (Å²) in [6.07, 6.45) is 7.02. The largest absolute Gasteiger partial charge is 0.464 e. The van der Waals surface area contributed by atoms with Crippen LogP contribution in [0.4, 0.5) is 0 Å². The predicted molar refractivity (Wildman–Crippen MR) is 94.7 cm³/mol. The van der Waals surface area contributed by atoms with Crippen molar-refractivity contribution in [3.05, 3.63) is 53.6 Å². The number of benzene rings is 1. The summed E-state index contributed by atoms with van der Waals surface area (Å²) < 4.78 is 4.80. The number of carbonyl (C=O) groups excluding carboxylic acids is 3. The van der Waals surface area contributed by atoms with Crippen molar-refractivity contribution in [2.75, 3.05) is 13.2 Å². The van der Waals surface area contributed by atoms with Gasteiger partial charge in [-0.25, -0.2) is 4.79 Å². The Bertz CT molecular complexity index is 705. The molecule has 0 heterocycles.